The van der Waals surface area contributed by atoms with Crippen molar-refractivity contribution < 1.29 is 13.9 Å². The molecule has 1 amide bonds. The Kier molecular flexibility index (Phi) is 6.63. The number of anilines is 1. The van der Waals surface area contributed by atoms with Gasteiger partial charge in [0.15, 0.2) is 0 Å². The number of carbonyl (C=O) groups excluding carboxylic acids is 1. The van der Waals surface area contributed by atoms with Gasteiger partial charge in [-0.25, -0.2) is 19.2 Å². The molecule has 0 atom stereocenters. The molecule has 31 heavy (non-hydrogen) atoms. The normalized spacial score (nSPS) is 10.7. The van der Waals surface area contributed by atoms with Gasteiger partial charge >= 0.3 is 6.09 Å². The lowest BCUT2D eigenvalue weighted by Gasteiger charge is -2.06. The van der Waals surface area contributed by atoms with Gasteiger partial charge in [0.1, 0.15) is 18.2 Å². The number of fused-ring (bicyclic) bond motifs is 1. The Bertz CT molecular complexity index is 1170. The van der Waals surface area contributed by atoms with E-state index in [1.807, 2.05) is 36.4 Å². The van der Waals surface area contributed by atoms with Crippen molar-refractivity contribution in [2.24, 2.45) is 0 Å². The molecule has 0 saturated heterocycles. The van der Waals surface area contributed by atoms with Gasteiger partial charge in [0.25, 0.3) is 0 Å². The third-order valence-corrected chi connectivity index (χ3v) is 5.57. The highest BCUT2D eigenvalue weighted by Gasteiger charge is 2.11. The molecule has 3 heterocycles. The van der Waals surface area contributed by atoms with Crippen molar-refractivity contribution in [2.45, 2.75) is 19.6 Å². The van der Waals surface area contributed by atoms with Crippen molar-refractivity contribution in [2.75, 3.05) is 11.9 Å². The van der Waals surface area contributed by atoms with Crippen LogP contribution in [0.2, 0.25) is 0 Å². The molecule has 2 N–H and O–H groups in total. The van der Waals surface area contributed by atoms with Crippen LogP contribution >= 0.6 is 11.3 Å². The van der Waals surface area contributed by atoms with E-state index in [9.17, 15) is 9.18 Å². The van der Waals surface area contributed by atoms with E-state index in [1.165, 1.54) is 17.4 Å². The largest absolute Gasteiger partial charge is 0.445 e. The standard InChI is InChI=1S/C22H20FN5O2S/c23-16-7-4-10-24-18(16)13-27-21-20-17(8-11-25-21)28-19(31-20)9-12-26-22(29)30-14-15-5-2-1-3-6-15/h1-8,10-11H,9,12-14H2,(H,25,27)(H,26,29). The molecule has 0 aliphatic heterocycles. The quantitative estimate of drug-likeness (QED) is 0.427. The first-order valence-corrected chi connectivity index (χ1v) is 10.5. The lowest BCUT2D eigenvalue weighted by Crippen LogP contribution is -2.26. The highest BCUT2D eigenvalue weighted by Crippen LogP contribution is 2.28. The number of alkyl carbamates (subject to hydrolysis) is 1. The summed E-state index contributed by atoms with van der Waals surface area (Å²) in [7, 11) is 0. The minimum absolute atomic E-state index is 0.223. The first kappa shape index (κ1) is 20.7. The Hall–Kier alpha value is -3.59. The van der Waals surface area contributed by atoms with Gasteiger partial charge in [-0.3, -0.25) is 4.98 Å². The maximum atomic E-state index is 13.8. The second-order valence-corrected chi connectivity index (χ2v) is 7.72. The maximum absolute atomic E-state index is 13.8. The summed E-state index contributed by atoms with van der Waals surface area (Å²) in [4.78, 5) is 24.9. The molecule has 0 bridgehead atoms. The number of ether oxygens (including phenoxy) is 1. The van der Waals surface area contributed by atoms with E-state index in [0.29, 0.717) is 24.5 Å². The predicted molar refractivity (Wildman–Crippen MR) is 117 cm³/mol. The number of amides is 1. The first-order chi connectivity index (χ1) is 15.2. The van der Waals surface area contributed by atoms with Crippen LogP contribution in [0.15, 0.2) is 60.9 Å². The van der Waals surface area contributed by atoms with Gasteiger partial charge in [0, 0.05) is 25.4 Å². The fraction of sp³-hybridized carbons (Fsp3) is 0.182. The van der Waals surface area contributed by atoms with E-state index in [4.69, 9.17) is 4.74 Å². The van der Waals surface area contributed by atoms with Gasteiger partial charge in [0.2, 0.25) is 0 Å². The number of hydrogen-bond acceptors (Lipinski definition) is 7. The highest BCUT2D eigenvalue weighted by atomic mass is 32.1. The number of benzene rings is 1. The first-order valence-electron chi connectivity index (χ1n) is 9.71. The highest BCUT2D eigenvalue weighted by molar-refractivity contribution is 7.19. The number of pyridine rings is 2. The Balaban J connectivity index is 1.31. The van der Waals surface area contributed by atoms with Crippen LogP contribution < -0.4 is 10.6 Å². The average molecular weight is 438 g/mol. The zero-order chi connectivity index (χ0) is 21.5. The summed E-state index contributed by atoms with van der Waals surface area (Å²) in [5, 5.41) is 6.73. The molecule has 0 radical (unpaired) electrons. The van der Waals surface area contributed by atoms with Crippen LogP contribution in [-0.2, 0) is 24.3 Å². The third-order valence-electron chi connectivity index (χ3n) is 4.43. The molecular formula is C22H20FN5O2S. The molecule has 0 fully saturated rings. The maximum Gasteiger partial charge on any atom is 0.407 e. The van der Waals surface area contributed by atoms with E-state index in [-0.39, 0.29) is 19.0 Å². The topological polar surface area (TPSA) is 89.0 Å². The molecule has 4 rings (SSSR count). The molecule has 3 aromatic heterocycles. The Morgan fingerprint density at radius 3 is 2.77 bits per heavy atom. The van der Waals surface area contributed by atoms with Gasteiger partial charge in [-0.2, -0.15) is 0 Å². The van der Waals surface area contributed by atoms with Crippen LogP contribution in [0.1, 0.15) is 16.3 Å². The Morgan fingerprint density at radius 1 is 1.06 bits per heavy atom. The van der Waals surface area contributed by atoms with Crippen molar-refractivity contribution >= 4 is 33.5 Å². The number of carbonyl (C=O) groups is 1. The number of aromatic nitrogens is 3. The van der Waals surface area contributed by atoms with Gasteiger partial charge in [-0.1, -0.05) is 30.3 Å². The Morgan fingerprint density at radius 2 is 1.94 bits per heavy atom. The monoisotopic (exact) mass is 437 g/mol. The van der Waals surface area contributed by atoms with E-state index >= 15 is 0 Å². The van der Waals surface area contributed by atoms with Crippen LogP contribution in [0.25, 0.3) is 10.2 Å². The second-order valence-electron chi connectivity index (χ2n) is 6.64. The smallest absolute Gasteiger partial charge is 0.407 e. The van der Waals surface area contributed by atoms with Crippen molar-refractivity contribution in [3.63, 3.8) is 0 Å². The Labute approximate surface area is 182 Å². The summed E-state index contributed by atoms with van der Waals surface area (Å²) in [5.41, 5.74) is 2.05. The molecule has 0 unspecified atom stereocenters. The van der Waals surface area contributed by atoms with E-state index in [0.717, 1.165) is 20.8 Å². The summed E-state index contributed by atoms with van der Waals surface area (Å²) in [6, 6.07) is 14.3. The molecule has 9 heteroatoms. The molecule has 0 spiro atoms. The predicted octanol–water partition coefficient (Wildman–Crippen LogP) is 4.31. The second kappa shape index (κ2) is 9.94. The van der Waals surface area contributed by atoms with Crippen molar-refractivity contribution in [3.8, 4) is 0 Å². The molecule has 0 aliphatic rings. The van der Waals surface area contributed by atoms with Crippen molar-refractivity contribution in [1.82, 2.24) is 20.3 Å². The third kappa shape index (κ3) is 5.52. The van der Waals surface area contributed by atoms with Crippen molar-refractivity contribution in [3.05, 3.63) is 83.0 Å². The SMILES string of the molecule is O=C(NCCc1nc2ccnc(NCc3ncccc3F)c2s1)OCc1ccccc1. The van der Waals surface area contributed by atoms with Crippen LogP contribution in [-0.4, -0.2) is 27.6 Å². The number of nitrogens with one attached hydrogen (secondary N) is 2. The van der Waals surface area contributed by atoms with Crippen LogP contribution in [0, 0.1) is 5.82 Å². The van der Waals surface area contributed by atoms with E-state index < -0.39 is 6.09 Å². The summed E-state index contributed by atoms with van der Waals surface area (Å²) in [6.45, 7) is 0.856. The van der Waals surface area contributed by atoms with Gasteiger partial charge in [-0.15, -0.1) is 11.3 Å². The summed E-state index contributed by atoms with van der Waals surface area (Å²) >= 11 is 1.48. The minimum atomic E-state index is -0.466. The van der Waals surface area contributed by atoms with E-state index in [1.54, 1.807) is 18.5 Å². The lowest BCUT2D eigenvalue weighted by atomic mass is 10.2. The molecular weight excluding hydrogens is 417 g/mol. The number of nitrogens with zero attached hydrogens (tertiary/aromatic N) is 3. The summed E-state index contributed by atoms with van der Waals surface area (Å²) in [6.07, 6.45) is 3.30. The molecule has 7 nitrogen and oxygen atoms in total. The molecule has 1 aromatic carbocycles. The van der Waals surface area contributed by atoms with Crippen molar-refractivity contribution in [1.29, 1.82) is 0 Å². The molecule has 0 saturated carbocycles. The average Bonchev–Trinajstić information content (AvgIpc) is 3.21. The fourth-order valence-corrected chi connectivity index (χ4v) is 3.92. The lowest BCUT2D eigenvalue weighted by molar-refractivity contribution is 0.140. The summed E-state index contributed by atoms with van der Waals surface area (Å²) in [5.74, 6) is 0.263. The zero-order valence-corrected chi connectivity index (χ0v) is 17.4. The number of halogens is 1. The van der Waals surface area contributed by atoms with Crippen LogP contribution in [0.5, 0.6) is 0 Å². The fourth-order valence-electron chi connectivity index (χ4n) is 2.90. The molecule has 4 aromatic rings. The van der Waals surface area contributed by atoms with Crippen LogP contribution in [0.4, 0.5) is 15.0 Å². The van der Waals surface area contributed by atoms with Gasteiger partial charge in [-0.05, 0) is 23.8 Å². The minimum Gasteiger partial charge on any atom is -0.445 e. The summed E-state index contributed by atoms with van der Waals surface area (Å²) < 4.78 is 19.9. The molecule has 158 valence electrons. The number of rotatable bonds is 8. The number of thiazole rings is 1. The van der Waals surface area contributed by atoms with Gasteiger partial charge < -0.3 is 15.4 Å². The van der Waals surface area contributed by atoms with Crippen LogP contribution in [0.3, 0.4) is 0 Å². The zero-order valence-electron chi connectivity index (χ0n) is 16.5. The number of hydrogen-bond donors (Lipinski definition) is 2. The van der Waals surface area contributed by atoms with Gasteiger partial charge in [0.05, 0.1) is 27.5 Å². The van der Waals surface area contributed by atoms with E-state index in [2.05, 4.69) is 25.6 Å². The molecule has 0 aliphatic carbocycles.